The molecule has 1 aliphatic rings. The molecular weight excluding hydrogens is 192 g/mol. The van der Waals surface area contributed by atoms with E-state index in [2.05, 4.69) is 11.5 Å². The highest BCUT2D eigenvalue weighted by atomic mass is 16.3. The molecule has 4 heteroatoms. The molecule has 1 fully saturated rings. The SMILES string of the molecule is C=CC(=O)N1CCN(CC(C)(C)O)CC1. The molecule has 4 nitrogen and oxygen atoms in total. The summed E-state index contributed by atoms with van der Waals surface area (Å²) in [5, 5.41) is 9.65. The Morgan fingerprint density at radius 3 is 2.33 bits per heavy atom. The van der Waals surface area contributed by atoms with Crippen LogP contribution in [0.5, 0.6) is 0 Å². The van der Waals surface area contributed by atoms with E-state index >= 15 is 0 Å². The zero-order chi connectivity index (χ0) is 11.5. The zero-order valence-electron chi connectivity index (χ0n) is 9.57. The summed E-state index contributed by atoms with van der Waals surface area (Å²) in [4.78, 5) is 15.3. The van der Waals surface area contributed by atoms with Crippen molar-refractivity contribution >= 4 is 5.91 Å². The first kappa shape index (κ1) is 12.2. The second kappa shape index (κ2) is 4.77. The molecule has 1 amide bonds. The number of rotatable bonds is 3. The van der Waals surface area contributed by atoms with Crippen molar-refractivity contribution in [2.24, 2.45) is 0 Å². The minimum atomic E-state index is -0.662. The average Bonchev–Trinajstić information content (AvgIpc) is 2.15. The van der Waals surface area contributed by atoms with Crippen LogP contribution in [0.1, 0.15) is 13.8 Å². The fourth-order valence-corrected chi connectivity index (χ4v) is 1.80. The van der Waals surface area contributed by atoms with Crippen LogP contribution in [0.2, 0.25) is 0 Å². The lowest BCUT2D eigenvalue weighted by molar-refractivity contribution is -0.128. The van der Waals surface area contributed by atoms with E-state index in [1.54, 1.807) is 18.7 Å². The first-order chi connectivity index (χ1) is 6.92. The van der Waals surface area contributed by atoms with E-state index in [-0.39, 0.29) is 5.91 Å². The third-order valence-corrected chi connectivity index (χ3v) is 2.47. The number of carbonyl (C=O) groups is 1. The van der Waals surface area contributed by atoms with Gasteiger partial charge in [-0.3, -0.25) is 9.69 Å². The molecule has 1 saturated heterocycles. The van der Waals surface area contributed by atoms with E-state index in [0.717, 1.165) is 26.2 Å². The van der Waals surface area contributed by atoms with Crippen LogP contribution >= 0.6 is 0 Å². The molecule has 0 bridgehead atoms. The molecule has 0 atom stereocenters. The molecule has 1 N–H and O–H groups in total. The van der Waals surface area contributed by atoms with Crippen LogP contribution in [0.15, 0.2) is 12.7 Å². The highest BCUT2D eigenvalue weighted by Crippen LogP contribution is 2.08. The molecule has 1 heterocycles. The quantitative estimate of drug-likeness (QED) is 0.674. The van der Waals surface area contributed by atoms with Gasteiger partial charge in [0.25, 0.3) is 0 Å². The number of hydrogen-bond donors (Lipinski definition) is 1. The highest BCUT2D eigenvalue weighted by Gasteiger charge is 2.23. The standard InChI is InChI=1S/C11H20N2O2/c1-4-10(14)13-7-5-12(6-8-13)9-11(2,3)15/h4,15H,1,5-9H2,2-3H3. The van der Waals surface area contributed by atoms with E-state index in [9.17, 15) is 9.90 Å². The normalized spacial score (nSPS) is 19.0. The van der Waals surface area contributed by atoms with Crippen LogP contribution in [0, 0.1) is 0 Å². The molecule has 1 aliphatic heterocycles. The first-order valence-corrected chi connectivity index (χ1v) is 5.28. The van der Waals surface area contributed by atoms with E-state index in [1.165, 1.54) is 6.08 Å². The number of β-amino-alcohol motifs (C(OH)–C–C–N with tert-alkyl or cyclic N) is 1. The lowest BCUT2D eigenvalue weighted by atomic mass is 10.1. The van der Waals surface area contributed by atoms with Crippen molar-refractivity contribution in [2.45, 2.75) is 19.4 Å². The van der Waals surface area contributed by atoms with E-state index in [4.69, 9.17) is 0 Å². The summed E-state index contributed by atoms with van der Waals surface area (Å²) in [6.45, 7) is 10.8. The van der Waals surface area contributed by atoms with Crippen molar-refractivity contribution in [1.82, 2.24) is 9.80 Å². The van der Waals surface area contributed by atoms with Gasteiger partial charge in [-0.05, 0) is 19.9 Å². The molecule has 0 radical (unpaired) electrons. The summed E-state index contributed by atoms with van der Waals surface area (Å²) >= 11 is 0. The Morgan fingerprint density at radius 1 is 1.40 bits per heavy atom. The number of piperazine rings is 1. The van der Waals surface area contributed by atoms with Gasteiger partial charge in [0.15, 0.2) is 0 Å². The van der Waals surface area contributed by atoms with Crippen LogP contribution in [-0.4, -0.2) is 59.1 Å². The summed E-state index contributed by atoms with van der Waals surface area (Å²) in [6.07, 6.45) is 1.35. The maximum atomic E-state index is 11.3. The number of aliphatic hydroxyl groups is 1. The zero-order valence-corrected chi connectivity index (χ0v) is 9.57. The Kier molecular flexibility index (Phi) is 3.88. The largest absolute Gasteiger partial charge is 0.389 e. The van der Waals surface area contributed by atoms with Crippen LogP contribution in [0.3, 0.4) is 0 Å². The predicted octanol–water partition coefficient (Wildman–Crippen LogP) is 0.0875. The van der Waals surface area contributed by atoms with Gasteiger partial charge < -0.3 is 10.0 Å². The van der Waals surface area contributed by atoms with Crippen LogP contribution in [0.25, 0.3) is 0 Å². The molecule has 0 unspecified atom stereocenters. The Bertz CT molecular complexity index is 237. The molecule has 1 rings (SSSR count). The van der Waals surface area contributed by atoms with Crippen molar-refractivity contribution in [3.05, 3.63) is 12.7 Å². The Hall–Kier alpha value is -0.870. The van der Waals surface area contributed by atoms with Gasteiger partial charge in [0.1, 0.15) is 0 Å². The second-order valence-corrected chi connectivity index (χ2v) is 4.62. The summed E-state index contributed by atoms with van der Waals surface area (Å²) in [6, 6.07) is 0. The molecule has 0 saturated carbocycles. The molecule has 0 aromatic heterocycles. The number of amides is 1. The minimum Gasteiger partial charge on any atom is -0.389 e. The Balaban J connectivity index is 2.36. The van der Waals surface area contributed by atoms with Gasteiger partial charge >= 0.3 is 0 Å². The molecule has 86 valence electrons. The van der Waals surface area contributed by atoms with Crippen molar-refractivity contribution in [3.8, 4) is 0 Å². The third-order valence-electron chi connectivity index (χ3n) is 2.47. The van der Waals surface area contributed by atoms with E-state index < -0.39 is 5.60 Å². The molecule has 15 heavy (non-hydrogen) atoms. The van der Waals surface area contributed by atoms with E-state index in [1.807, 2.05) is 0 Å². The van der Waals surface area contributed by atoms with Crippen molar-refractivity contribution < 1.29 is 9.90 Å². The van der Waals surface area contributed by atoms with E-state index in [0.29, 0.717) is 6.54 Å². The maximum Gasteiger partial charge on any atom is 0.246 e. The van der Waals surface area contributed by atoms with Gasteiger partial charge in [-0.15, -0.1) is 0 Å². The molecule has 0 aromatic carbocycles. The summed E-state index contributed by atoms with van der Waals surface area (Å²) < 4.78 is 0. The topological polar surface area (TPSA) is 43.8 Å². The van der Waals surface area contributed by atoms with Crippen molar-refractivity contribution in [3.63, 3.8) is 0 Å². The summed E-state index contributed by atoms with van der Waals surface area (Å²) in [5.74, 6) is -0.00194. The van der Waals surface area contributed by atoms with Crippen molar-refractivity contribution in [2.75, 3.05) is 32.7 Å². The minimum absolute atomic E-state index is 0.00194. The van der Waals surface area contributed by atoms with Gasteiger partial charge in [-0.25, -0.2) is 0 Å². The van der Waals surface area contributed by atoms with Gasteiger partial charge in [-0.1, -0.05) is 6.58 Å². The molecular formula is C11H20N2O2. The number of hydrogen-bond acceptors (Lipinski definition) is 3. The molecule has 0 aromatic rings. The predicted molar refractivity (Wildman–Crippen MR) is 59.5 cm³/mol. The number of nitrogens with zero attached hydrogens (tertiary/aromatic N) is 2. The summed E-state index contributed by atoms with van der Waals surface area (Å²) in [7, 11) is 0. The lowest BCUT2D eigenvalue weighted by Crippen LogP contribution is -2.51. The lowest BCUT2D eigenvalue weighted by Gasteiger charge is -2.36. The Morgan fingerprint density at radius 2 is 1.93 bits per heavy atom. The van der Waals surface area contributed by atoms with Gasteiger partial charge in [0, 0.05) is 32.7 Å². The fraction of sp³-hybridized carbons (Fsp3) is 0.727. The average molecular weight is 212 g/mol. The smallest absolute Gasteiger partial charge is 0.246 e. The number of carbonyl (C=O) groups excluding carboxylic acids is 1. The third kappa shape index (κ3) is 4.01. The maximum absolute atomic E-state index is 11.3. The molecule has 0 aliphatic carbocycles. The molecule has 0 spiro atoms. The van der Waals surface area contributed by atoms with Gasteiger partial charge in [0.2, 0.25) is 5.91 Å². The fourth-order valence-electron chi connectivity index (χ4n) is 1.80. The van der Waals surface area contributed by atoms with Gasteiger partial charge in [-0.2, -0.15) is 0 Å². The summed E-state index contributed by atoms with van der Waals surface area (Å²) in [5.41, 5.74) is -0.662. The van der Waals surface area contributed by atoms with Crippen LogP contribution in [-0.2, 0) is 4.79 Å². The first-order valence-electron chi connectivity index (χ1n) is 5.28. The van der Waals surface area contributed by atoms with Crippen LogP contribution < -0.4 is 0 Å². The van der Waals surface area contributed by atoms with Gasteiger partial charge in [0.05, 0.1) is 5.60 Å². The van der Waals surface area contributed by atoms with Crippen molar-refractivity contribution in [1.29, 1.82) is 0 Å². The highest BCUT2D eigenvalue weighted by molar-refractivity contribution is 5.87. The monoisotopic (exact) mass is 212 g/mol. The van der Waals surface area contributed by atoms with Crippen LogP contribution in [0.4, 0.5) is 0 Å². The Labute approximate surface area is 91.2 Å². The second-order valence-electron chi connectivity index (χ2n) is 4.62.